The van der Waals surface area contributed by atoms with E-state index in [9.17, 15) is 4.79 Å². The highest BCUT2D eigenvalue weighted by Gasteiger charge is 2.24. The van der Waals surface area contributed by atoms with Gasteiger partial charge in [-0.1, -0.05) is 63.1 Å². The summed E-state index contributed by atoms with van der Waals surface area (Å²) >= 11 is 6.21. The molecule has 1 aliphatic carbocycles. The van der Waals surface area contributed by atoms with Gasteiger partial charge in [-0.3, -0.25) is 9.36 Å². The summed E-state index contributed by atoms with van der Waals surface area (Å²) in [5.74, 6) is 1.71. The highest BCUT2D eigenvalue weighted by molar-refractivity contribution is 6.31. The van der Waals surface area contributed by atoms with Crippen molar-refractivity contribution in [2.45, 2.75) is 58.4 Å². The van der Waals surface area contributed by atoms with E-state index in [-0.39, 0.29) is 11.0 Å². The standard InChI is InChI=1S/C26H32ClN3O/c1-26(2,3)20-9-7-19(8-10-20)24-29-23-14-21(27)11-12-22(23)25(31)30(24)16-18-6-4-5-17(13-18)15-28/h7-12,14,17-18H,4-6,13,15-16,28H2,1-3H3. The second kappa shape index (κ2) is 8.76. The highest BCUT2D eigenvalue weighted by atomic mass is 35.5. The Morgan fingerprint density at radius 3 is 2.48 bits per heavy atom. The van der Waals surface area contributed by atoms with E-state index < -0.39 is 0 Å². The fourth-order valence-corrected chi connectivity index (χ4v) is 4.91. The lowest BCUT2D eigenvalue weighted by molar-refractivity contribution is 0.246. The Kier molecular flexibility index (Phi) is 6.23. The van der Waals surface area contributed by atoms with Gasteiger partial charge in [0.05, 0.1) is 10.9 Å². The molecule has 3 aromatic rings. The van der Waals surface area contributed by atoms with Gasteiger partial charge in [0.2, 0.25) is 0 Å². The number of hydrogen-bond donors (Lipinski definition) is 1. The Morgan fingerprint density at radius 2 is 1.81 bits per heavy atom. The first-order valence-electron chi connectivity index (χ1n) is 11.3. The number of halogens is 1. The third-order valence-corrected chi connectivity index (χ3v) is 6.83. The average Bonchev–Trinajstić information content (AvgIpc) is 2.75. The lowest BCUT2D eigenvalue weighted by atomic mass is 9.81. The van der Waals surface area contributed by atoms with Crippen LogP contribution in [0.5, 0.6) is 0 Å². The first kappa shape index (κ1) is 22.0. The lowest BCUT2D eigenvalue weighted by Crippen LogP contribution is -2.30. The van der Waals surface area contributed by atoms with Gasteiger partial charge in [-0.05, 0) is 66.8 Å². The van der Waals surface area contributed by atoms with E-state index in [1.165, 1.54) is 18.4 Å². The van der Waals surface area contributed by atoms with E-state index in [0.29, 0.717) is 34.3 Å². The van der Waals surface area contributed by atoms with Crippen LogP contribution in [0.25, 0.3) is 22.3 Å². The van der Waals surface area contributed by atoms with Crippen LogP contribution in [-0.2, 0) is 12.0 Å². The molecule has 1 saturated carbocycles. The fraction of sp³-hybridized carbons (Fsp3) is 0.462. The van der Waals surface area contributed by atoms with Gasteiger partial charge in [-0.15, -0.1) is 0 Å². The summed E-state index contributed by atoms with van der Waals surface area (Å²) in [5, 5.41) is 1.20. The molecule has 0 saturated heterocycles. The SMILES string of the molecule is CC(C)(C)c1ccc(-c2nc3cc(Cl)ccc3c(=O)n2CC2CCCC(CN)C2)cc1. The molecule has 0 radical (unpaired) electrons. The normalized spacial score (nSPS) is 19.6. The van der Waals surface area contributed by atoms with Crippen LogP contribution in [0.4, 0.5) is 0 Å². The summed E-state index contributed by atoms with van der Waals surface area (Å²) < 4.78 is 1.88. The van der Waals surface area contributed by atoms with Crippen LogP contribution < -0.4 is 11.3 Å². The van der Waals surface area contributed by atoms with Crippen LogP contribution in [0.15, 0.2) is 47.3 Å². The van der Waals surface area contributed by atoms with E-state index in [1.807, 2.05) is 4.57 Å². The first-order chi connectivity index (χ1) is 14.8. The topological polar surface area (TPSA) is 60.9 Å². The van der Waals surface area contributed by atoms with Crippen molar-refractivity contribution in [1.29, 1.82) is 0 Å². The Labute approximate surface area is 189 Å². The summed E-state index contributed by atoms with van der Waals surface area (Å²) in [6.45, 7) is 8.00. The van der Waals surface area contributed by atoms with Gasteiger partial charge < -0.3 is 5.73 Å². The number of rotatable bonds is 4. The van der Waals surface area contributed by atoms with E-state index >= 15 is 0 Å². The van der Waals surface area contributed by atoms with E-state index in [1.54, 1.807) is 18.2 Å². The molecule has 0 amide bonds. The van der Waals surface area contributed by atoms with Gasteiger partial charge in [-0.25, -0.2) is 4.98 Å². The maximum atomic E-state index is 13.5. The molecular formula is C26H32ClN3O. The second-order valence-corrected chi connectivity index (χ2v) is 10.4. The summed E-state index contributed by atoms with van der Waals surface area (Å²) in [6, 6.07) is 13.8. The fourth-order valence-electron chi connectivity index (χ4n) is 4.74. The average molecular weight is 438 g/mol. The Morgan fingerprint density at radius 1 is 1.10 bits per heavy atom. The molecule has 2 aromatic carbocycles. The molecule has 0 spiro atoms. The van der Waals surface area contributed by atoms with Crippen LogP contribution in [0.1, 0.15) is 52.0 Å². The van der Waals surface area contributed by atoms with Crippen LogP contribution in [0.3, 0.4) is 0 Å². The number of benzene rings is 2. The van der Waals surface area contributed by atoms with E-state index in [0.717, 1.165) is 30.8 Å². The largest absolute Gasteiger partial charge is 0.330 e. The zero-order valence-corrected chi connectivity index (χ0v) is 19.5. The molecule has 4 rings (SSSR count). The molecule has 2 unspecified atom stereocenters. The van der Waals surface area contributed by atoms with Gasteiger partial charge >= 0.3 is 0 Å². The molecule has 1 fully saturated rings. The molecule has 0 aliphatic heterocycles. The third kappa shape index (κ3) is 4.70. The van der Waals surface area contributed by atoms with E-state index in [4.69, 9.17) is 22.3 Å². The van der Waals surface area contributed by atoms with Gasteiger partial charge in [0.1, 0.15) is 5.82 Å². The van der Waals surface area contributed by atoms with Crippen molar-refractivity contribution in [2.24, 2.45) is 17.6 Å². The third-order valence-electron chi connectivity index (χ3n) is 6.59. The predicted octanol–water partition coefficient (Wildman–Crippen LogP) is 5.78. The Bertz CT molecular complexity index is 1130. The summed E-state index contributed by atoms with van der Waals surface area (Å²) in [6.07, 6.45) is 4.57. The van der Waals surface area contributed by atoms with Gasteiger partial charge in [0.15, 0.2) is 0 Å². The zero-order chi connectivity index (χ0) is 22.2. The van der Waals surface area contributed by atoms with Crippen LogP contribution in [0.2, 0.25) is 5.02 Å². The molecule has 1 aromatic heterocycles. The Hall–Kier alpha value is -2.17. The molecule has 31 heavy (non-hydrogen) atoms. The van der Waals surface area contributed by atoms with Crippen molar-refractivity contribution in [1.82, 2.24) is 9.55 Å². The summed E-state index contributed by atoms with van der Waals surface area (Å²) in [4.78, 5) is 18.5. The number of nitrogens with zero attached hydrogens (tertiary/aromatic N) is 2. The van der Waals surface area contributed by atoms with Gasteiger partial charge in [0.25, 0.3) is 5.56 Å². The highest BCUT2D eigenvalue weighted by Crippen LogP contribution is 2.31. The monoisotopic (exact) mass is 437 g/mol. The molecule has 5 heteroatoms. The molecule has 164 valence electrons. The second-order valence-electron chi connectivity index (χ2n) is 9.97. The molecular weight excluding hydrogens is 406 g/mol. The quantitative estimate of drug-likeness (QED) is 0.562. The maximum Gasteiger partial charge on any atom is 0.261 e. The molecule has 1 heterocycles. The zero-order valence-electron chi connectivity index (χ0n) is 18.7. The molecule has 4 nitrogen and oxygen atoms in total. The number of nitrogens with two attached hydrogens (primary N) is 1. The number of hydrogen-bond acceptors (Lipinski definition) is 3. The van der Waals surface area contributed by atoms with Crippen molar-refractivity contribution < 1.29 is 0 Å². The molecule has 0 bridgehead atoms. The number of fused-ring (bicyclic) bond motifs is 1. The van der Waals surface area contributed by atoms with E-state index in [2.05, 4.69) is 45.0 Å². The minimum absolute atomic E-state index is 0.00596. The lowest BCUT2D eigenvalue weighted by Gasteiger charge is -2.29. The summed E-state index contributed by atoms with van der Waals surface area (Å²) in [5.41, 5.74) is 8.89. The van der Waals surface area contributed by atoms with Gasteiger partial charge in [-0.2, -0.15) is 0 Å². The molecule has 2 atom stereocenters. The maximum absolute atomic E-state index is 13.5. The molecule has 2 N–H and O–H groups in total. The summed E-state index contributed by atoms with van der Waals surface area (Å²) in [7, 11) is 0. The minimum atomic E-state index is 0.00596. The first-order valence-corrected chi connectivity index (χ1v) is 11.6. The van der Waals surface area contributed by atoms with Gasteiger partial charge in [0, 0.05) is 17.1 Å². The van der Waals surface area contributed by atoms with Crippen LogP contribution in [-0.4, -0.2) is 16.1 Å². The number of aromatic nitrogens is 2. The van der Waals surface area contributed by atoms with Crippen molar-refractivity contribution in [3.8, 4) is 11.4 Å². The van der Waals surface area contributed by atoms with Crippen LogP contribution >= 0.6 is 11.6 Å². The van der Waals surface area contributed by atoms with Crippen molar-refractivity contribution >= 4 is 22.5 Å². The van der Waals surface area contributed by atoms with Crippen molar-refractivity contribution in [2.75, 3.05) is 6.54 Å². The van der Waals surface area contributed by atoms with Crippen LogP contribution in [0, 0.1) is 11.8 Å². The smallest absolute Gasteiger partial charge is 0.261 e. The predicted molar refractivity (Wildman–Crippen MR) is 130 cm³/mol. The minimum Gasteiger partial charge on any atom is -0.330 e. The Balaban J connectivity index is 1.82. The van der Waals surface area contributed by atoms with Crippen molar-refractivity contribution in [3.05, 3.63) is 63.4 Å². The van der Waals surface area contributed by atoms with Crippen molar-refractivity contribution in [3.63, 3.8) is 0 Å². The molecule has 1 aliphatic rings.